The third-order valence-electron chi connectivity index (χ3n) is 9.21. The molecule has 1 N–H and O–H groups in total. The summed E-state index contributed by atoms with van der Waals surface area (Å²) in [4.78, 5) is 14.4. The summed E-state index contributed by atoms with van der Waals surface area (Å²) in [7, 11) is -1.98. The van der Waals surface area contributed by atoms with Crippen LogP contribution in [0.2, 0.25) is 0 Å². The molecule has 0 radical (unpaired) electrons. The summed E-state index contributed by atoms with van der Waals surface area (Å²) in [6, 6.07) is 10.5. The van der Waals surface area contributed by atoms with Crippen molar-refractivity contribution in [2.75, 3.05) is 20.1 Å². The van der Waals surface area contributed by atoms with Crippen LogP contribution in [-0.4, -0.2) is 67.0 Å². The number of esters is 1. The van der Waals surface area contributed by atoms with E-state index in [0.717, 1.165) is 42.6 Å². The van der Waals surface area contributed by atoms with Gasteiger partial charge in [-0.3, -0.25) is 9.69 Å². The average Bonchev–Trinajstić information content (AvgIpc) is 3.21. The summed E-state index contributed by atoms with van der Waals surface area (Å²) in [6.45, 7) is 6.84. The zero-order chi connectivity index (χ0) is 26.8. The highest BCUT2D eigenvalue weighted by Gasteiger charge is 2.67. The molecule has 2 aliphatic heterocycles. The normalized spacial score (nSPS) is 29.4. The van der Waals surface area contributed by atoms with Crippen molar-refractivity contribution in [1.29, 1.82) is 0 Å². The standard InChI is InChI=1S/C29H34N2O6S/c1-4-13-31-14-12-29-21-10-11-22(30(3)38(34,35)17-19-8-6-5-7-9-19)28(29)37-27-25(36-18(2)32)16-24(33)20(26(27)29)15-23(21)31/h4-9,16,21-23,28,33H,1,10-15,17H2,2-3H3/t21-,22-,23+,28-,29-/m0/s1. The van der Waals surface area contributed by atoms with E-state index in [9.17, 15) is 18.3 Å². The van der Waals surface area contributed by atoms with Gasteiger partial charge in [-0.2, -0.15) is 4.31 Å². The Bertz CT molecular complexity index is 1390. The molecule has 1 saturated heterocycles. The molecule has 0 unspecified atom stereocenters. The third kappa shape index (κ3) is 3.70. The third-order valence-corrected chi connectivity index (χ3v) is 11.1. The average molecular weight is 539 g/mol. The summed E-state index contributed by atoms with van der Waals surface area (Å²) in [6.07, 6.45) is 4.40. The number of carbonyl (C=O) groups excluding carboxylic acids is 1. The Hall–Kier alpha value is -2.88. The minimum atomic E-state index is -3.64. The molecule has 38 heavy (non-hydrogen) atoms. The molecule has 2 bridgehead atoms. The van der Waals surface area contributed by atoms with Gasteiger partial charge in [-0.05, 0) is 43.7 Å². The number of hydrogen-bond donors (Lipinski definition) is 1. The Balaban J connectivity index is 1.45. The largest absolute Gasteiger partial charge is 0.508 e. The van der Waals surface area contributed by atoms with E-state index in [1.54, 1.807) is 7.05 Å². The first-order valence-corrected chi connectivity index (χ1v) is 14.9. The molecule has 8 nitrogen and oxygen atoms in total. The maximum atomic E-state index is 13.6. The van der Waals surface area contributed by atoms with Crippen molar-refractivity contribution in [2.24, 2.45) is 5.92 Å². The van der Waals surface area contributed by atoms with Crippen molar-refractivity contribution in [3.05, 3.63) is 65.7 Å². The Morgan fingerprint density at radius 2 is 2.08 bits per heavy atom. The van der Waals surface area contributed by atoms with E-state index < -0.39 is 33.6 Å². The molecule has 2 aliphatic carbocycles. The lowest BCUT2D eigenvalue weighted by Gasteiger charge is -2.60. The first kappa shape index (κ1) is 25.4. The van der Waals surface area contributed by atoms with Gasteiger partial charge in [0.15, 0.2) is 11.5 Å². The molecule has 0 aromatic heterocycles. The second kappa shape index (κ2) is 9.10. The maximum absolute atomic E-state index is 13.6. The number of piperidine rings is 1. The number of carbonyl (C=O) groups is 1. The van der Waals surface area contributed by atoms with Crippen molar-refractivity contribution >= 4 is 16.0 Å². The lowest BCUT2D eigenvalue weighted by Crippen LogP contribution is -2.68. The van der Waals surface area contributed by atoms with E-state index in [0.29, 0.717) is 18.6 Å². The van der Waals surface area contributed by atoms with Crippen molar-refractivity contribution < 1.29 is 27.8 Å². The number of sulfonamides is 1. The molecule has 6 rings (SSSR count). The van der Waals surface area contributed by atoms with Crippen LogP contribution in [0.4, 0.5) is 0 Å². The minimum absolute atomic E-state index is 0.0859. The first-order chi connectivity index (χ1) is 18.2. The summed E-state index contributed by atoms with van der Waals surface area (Å²) in [5.41, 5.74) is 2.00. The van der Waals surface area contributed by atoms with Gasteiger partial charge in [-0.25, -0.2) is 8.42 Å². The molecule has 2 aromatic carbocycles. The lowest BCUT2D eigenvalue weighted by molar-refractivity contribution is -0.132. The lowest BCUT2D eigenvalue weighted by atomic mass is 9.51. The van der Waals surface area contributed by atoms with Gasteiger partial charge < -0.3 is 14.6 Å². The molecule has 2 fully saturated rings. The van der Waals surface area contributed by atoms with E-state index in [4.69, 9.17) is 9.47 Å². The molecule has 2 heterocycles. The van der Waals surface area contributed by atoms with Crippen LogP contribution in [0.3, 0.4) is 0 Å². The zero-order valence-electron chi connectivity index (χ0n) is 21.8. The Morgan fingerprint density at radius 3 is 2.79 bits per heavy atom. The number of aromatic hydroxyl groups is 1. The van der Waals surface area contributed by atoms with E-state index in [1.807, 2.05) is 36.4 Å². The van der Waals surface area contributed by atoms with Gasteiger partial charge in [0.1, 0.15) is 11.9 Å². The molecular weight excluding hydrogens is 504 g/mol. The number of likely N-dealkylation sites (N-methyl/N-ethyl adjacent to an activating group) is 1. The molecule has 4 aliphatic rings. The van der Waals surface area contributed by atoms with E-state index in [2.05, 4.69) is 11.5 Å². The van der Waals surface area contributed by atoms with Crippen LogP contribution >= 0.6 is 0 Å². The number of rotatable bonds is 7. The molecule has 1 spiro atoms. The molecule has 0 amide bonds. The number of hydrogen-bond acceptors (Lipinski definition) is 7. The fourth-order valence-corrected chi connectivity index (χ4v) is 9.19. The number of phenolic OH excluding ortho intramolecular Hbond substituents is 1. The second-order valence-electron chi connectivity index (χ2n) is 11.1. The number of benzene rings is 2. The second-order valence-corrected chi connectivity index (χ2v) is 13.1. The van der Waals surface area contributed by atoms with Gasteiger partial charge in [-0.15, -0.1) is 6.58 Å². The molecule has 1 saturated carbocycles. The van der Waals surface area contributed by atoms with Crippen molar-refractivity contribution in [3.63, 3.8) is 0 Å². The Kier molecular flexibility index (Phi) is 6.09. The quantitative estimate of drug-likeness (QED) is 0.328. The van der Waals surface area contributed by atoms with Crippen molar-refractivity contribution in [2.45, 2.75) is 62.0 Å². The van der Waals surface area contributed by atoms with Gasteiger partial charge in [0.05, 0.1) is 11.8 Å². The van der Waals surface area contributed by atoms with Crippen molar-refractivity contribution in [1.82, 2.24) is 9.21 Å². The van der Waals surface area contributed by atoms with Crippen LogP contribution in [0.15, 0.2) is 49.1 Å². The van der Waals surface area contributed by atoms with Gasteiger partial charge in [-0.1, -0.05) is 36.4 Å². The predicted octanol–water partition coefficient (Wildman–Crippen LogP) is 3.37. The van der Waals surface area contributed by atoms with Crippen LogP contribution < -0.4 is 9.47 Å². The van der Waals surface area contributed by atoms with Gasteiger partial charge >= 0.3 is 5.97 Å². The summed E-state index contributed by atoms with van der Waals surface area (Å²) in [5, 5.41) is 11.1. The highest BCUT2D eigenvalue weighted by molar-refractivity contribution is 7.88. The van der Waals surface area contributed by atoms with E-state index >= 15 is 0 Å². The molecule has 5 atom stereocenters. The maximum Gasteiger partial charge on any atom is 0.308 e. The van der Waals surface area contributed by atoms with Crippen LogP contribution in [0.1, 0.15) is 42.9 Å². The fraction of sp³-hybridized carbons (Fsp3) is 0.483. The highest BCUT2D eigenvalue weighted by Crippen LogP contribution is 2.65. The predicted molar refractivity (Wildman–Crippen MR) is 143 cm³/mol. The van der Waals surface area contributed by atoms with Crippen LogP contribution in [0, 0.1) is 5.92 Å². The Labute approximate surface area is 223 Å². The Morgan fingerprint density at radius 1 is 1.32 bits per heavy atom. The van der Waals surface area contributed by atoms with Gasteiger partial charge in [0.25, 0.3) is 0 Å². The first-order valence-electron chi connectivity index (χ1n) is 13.3. The van der Waals surface area contributed by atoms with Crippen LogP contribution in [0.25, 0.3) is 0 Å². The SMILES string of the molecule is C=CCN1CC[C@]23c4c5c(O)cc(OC(C)=O)c4O[C@H]2[C@@H](N(C)S(=O)(=O)Cc2ccccc2)CC[C@H]3[C@H]1C5. The zero-order valence-corrected chi connectivity index (χ0v) is 22.6. The number of nitrogens with zero attached hydrogens (tertiary/aromatic N) is 2. The number of likely N-dealkylation sites (tertiary alicyclic amines) is 1. The van der Waals surface area contributed by atoms with Crippen LogP contribution in [-0.2, 0) is 32.4 Å². The van der Waals surface area contributed by atoms with Crippen molar-refractivity contribution in [3.8, 4) is 17.2 Å². The van der Waals surface area contributed by atoms with E-state index in [-0.39, 0.29) is 29.2 Å². The van der Waals surface area contributed by atoms with Gasteiger partial charge in [0, 0.05) is 49.2 Å². The fourth-order valence-electron chi connectivity index (χ4n) is 7.74. The summed E-state index contributed by atoms with van der Waals surface area (Å²) < 4.78 is 41.0. The minimum Gasteiger partial charge on any atom is -0.508 e. The molecular formula is C29H34N2O6S. The topological polar surface area (TPSA) is 96.4 Å². The van der Waals surface area contributed by atoms with Gasteiger partial charge in [0.2, 0.25) is 10.0 Å². The molecule has 2 aromatic rings. The van der Waals surface area contributed by atoms with E-state index in [1.165, 1.54) is 17.3 Å². The summed E-state index contributed by atoms with van der Waals surface area (Å²) in [5.74, 6) is 0.429. The smallest absolute Gasteiger partial charge is 0.308 e. The monoisotopic (exact) mass is 538 g/mol. The van der Waals surface area contributed by atoms with Crippen LogP contribution in [0.5, 0.6) is 17.2 Å². The molecule has 9 heteroatoms. The molecule has 202 valence electrons. The highest BCUT2D eigenvalue weighted by atomic mass is 32.2. The number of phenols is 1. The summed E-state index contributed by atoms with van der Waals surface area (Å²) >= 11 is 0. The number of ether oxygens (including phenoxy) is 2.